The number of hydrogen-bond donors (Lipinski definition) is 0. The molecule has 0 amide bonds. The van der Waals surface area contributed by atoms with Crippen LogP contribution in [0.25, 0.3) is 6.08 Å². The van der Waals surface area contributed by atoms with Crippen LogP contribution in [0.1, 0.15) is 16.7 Å². The van der Waals surface area contributed by atoms with Crippen LogP contribution in [-0.4, -0.2) is 5.97 Å². The van der Waals surface area contributed by atoms with Gasteiger partial charge in [-0.3, -0.25) is 0 Å². The highest BCUT2D eigenvalue weighted by Gasteiger charge is 2.04. The van der Waals surface area contributed by atoms with Crippen LogP contribution in [0.2, 0.25) is 0 Å². The summed E-state index contributed by atoms with van der Waals surface area (Å²) in [5.41, 5.74) is 2.67. The second-order valence-corrected chi connectivity index (χ2v) is 4.57. The highest BCUT2D eigenvalue weighted by Crippen LogP contribution is 2.19. The van der Waals surface area contributed by atoms with Crippen molar-refractivity contribution in [1.82, 2.24) is 0 Å². The van der Waals surface area contributed by atoms with Crippen LogP contribution >= 0.6 is 0 Å². The van der Waals surface area contributed by atoms with Crippen LogP contribution in [0.15, 0.2) is 48.5 Å². The highest BCUT2D eigenvalue weighted by atomic mass is 19.1. The summed E-state index contributed by atoms with van der Waals surface area (Å²) in [5.74, 6) is -0.207. The van der Waals surface area contributed by atoms with Crippen LogP contribution in [0.5, 0.6) is 5.75 Å². The Morgan fingerprint density at radius 1 is 1.10 bits per heavy atom. The number of esters is 1. The zero-order chi connectivity index (χ0) is 14.5. The van der Waals surface area contributed by atoms with E-state index in [1.54, 1.807) is 18.2 Å². The molecule has 0 aromatic heterocycles. The van der Waals surface area contributed by atoms with Gasteiger partial charge >= 0.3 is 5.97 Å². The van der Waals surface area contributed by atoms with E-state index in [4.69, 9.17) is 4.74 Å². The molecular formula is C17H15FO2. The van der Waals surface area contributed by atoms with Crippen LogP contribution in [0.4, 0.5) is 4.39 Å². The van der Waals surface area contributed by atoms with E-state index in [1.807, 2.05) is 32.0 Å². The molecule has 0 radical (unpaired) electrons. The molecule has 0 saturated heterocycles. The normalized spacial score (nSPS) is 10.8. The Hall–Kier alpha value is -2.42. The molecule has 0 spiro atoms. The van der Waals surface area contributed by atoms with Crippen molar-refractivity contribution < 1.29 is 13.9 Å². The third kappa shape index (κ3) is 3.79. The van der Waals surface area contributed by atoms with Crippen molar-refractivity contribution in [1.29, 1.82) is 0 Å². The van der Waals surface area contributed by atoms with Crippen molar-refractivity contribution in [2.45, 2.75) is 13.8 Å². The predicted octanol–water partition coefficient (Wildman–Crippen LogP) is 4.06. The van der Waals surface area contributed by atoms with Gasteiger partial charge in [-0.25, -0.2) is 9.18 Å². The zero-order valence-electron chi connectivity index (χ0n) is 11.4. The lowest BCUT2D eigenvalue weighted by molar-refractivity contribution is -0.128. The van der Waals surface area contributed by atoms with Crippen molar-refractivity contribution in [3.05, 3.63) is 71.0 Å². The minimum absolute atomic E-state index is 0.305. The molecule has 0 N–H and O–H groups in total. The molecule has 0 unspecified atom stereocenters. The lowest BCUT2D eigenvalue weighted by Crippen LogP contribution is -2.05. The number of halogens is 1. The summed E-state index contributed by atoms with van der Waals surface area (Å²) in [6.07, 6.45) is 2.92. The molecule has 20 heavy (non-hydrogen) atoms. The molecule has 0 bridgehead atoms. The van der Waals surface area contributed by atoms with Gasteiger partial charge in [-0.1, -0.05) is 24.3 Å². The molecule has 0 aliphatic carbocycles. The highest BCUT2D eigenvalue weighted by molar-refractivity contribution is 5.88. The summed E-state index contributed by atoms with van der Waals surface area (Å²) in [7, 11) is 0. The number of hydrogen-bond acceptors (Lipinski definition) is 2. The first-order valence-corrected chi connectivity index (χ1v) is 6.27. The Labute approximate surface area is 117 Å². The molecule has 2 aromatic carbocycles. The van der Waals surface area contributed by atoms with Crippen LogP contribution in [-0.2, 0) is 4.79 Å². The minimum atomic E-state index is -0.456. The standard InChI is InChI=1S/C17H15FO2/c1-12-3-4-13(2)16(11-12)20-17(19)10-7-14-5-8-15(18)9-6-14/h3-11H,1-2H3/b10-7+. The number of rotatable bonds is 3. The van der Waals surface area contributed by atoms with E-state index < -0.39 is 5.97 Å². The van der Waals surface area contributed by atoms with Gasteiger partial charge in [-0.05, 0) is 54.8 Å². The monoisotopic (exact) mass is 270 g/mol. The topological polar surface area (TPSA) is 26.3 Å². The van der Waals surface area contributed by atoms with Gasteiger partial charge < -0.3 is 4.74 Å². The third-order valence-corrected chi connectivity index (χ3v) is 2.84. The maximum absolute atomic E-state index is 12.7. The molecular weight excluding hydrogens is 255 g/mol. The van der Waals surface area contributed by atoms with Crippen molar-refractivity contribution in [2.24, 2.45) is 0 Å². The first kappa shape index (κ1) is 14.0. The molecule has 0 atom stereocenters. The minimum Gasteiger partial charge on any atom is -0.423 e. The second kappa shape index (κ2) is 6.15. The number of carbonyl (C=O) groups excluding carboxylic acids is 1. The summed E-state index contributed by atoms with van der Waals surface area (Å²) < 4.78 is 18.0. The zero-order valence-corrected chi connectivity index (χ0v) is 11.4. The van der Waals surface area contributed by atoms with E-state index in [2.05, 4.69) is 0 Å². The molecule has 0 aliphatic heterocycles. The average Bonchev–Trinajstić information content (AvgIpc) is 2.42. The maximum Gasteiger partial charge on any atom is 0.336 e. The van der Waals surface area contributed by atoms with E-state index in [0.717, 1.165) is 16.7 Å². The van der Waals surface area contributed by atoms with Crippen LogP contribution in [0, 0.1) is 19.7 Å². The average molecular weight is 270 g/mol. The number of ether oxygens (including phenoxy) is 1. The molecule has 2 nitrogen and oxygen atoms in total. The summed E-state index contributed by atoms with van der Waals surface area (Å²) >= 11 is 0. The quantitative estimate of drug-likeness (QED) is 0.477. The summed E-state index contributed by atoms with van der Waals surface area (Å²) in [6, 6.07) is 11.6. The van der Waals surface area contributed by atoms with E-state index in [9.17, 15) is 9.18 Å². The van der Waals surface area contributed by atoms with Gasteiger partial charge in [0.25, 0.3) is 0 Å². The Balaban J connectivity index is 2.05. The SMILES string of the molecule is Cc1ccc(C)c(OC(=O)/C=C/c2ccc(F)cc2)c1. The number of benzene rings is 2. The molecule has 0 aliphatic rings. The first-order chi connectivity index (χ1) is 9.54. The number of carbonyl (C=O) groups is 1. The fourth-order valence-electron chi connectivity index (χ4n) is 1.70. The Bertz CT molecular complexity index is 643. The van der Waals surface area contributed by atoms with Gasteiger partial charge in [-0.15, -0.1) is 0 Å². The molecule has 102 valence electrons. The molecule has 0 saturated carbocycles. The van der Waals surface area contributed by atoms with Crippen LogP contribution in [0.3, 0.4) is 0 Å². The van der Waals surface area contributed by atoms with Gasteiger partial charge in [0.05, 0.1) is 0 Å². The molecule has 0 heterocycles. The van der Waals surface area contributed by atoms with Gasteiger partial charge in [0.2, 0.25) is 0 Å². The Morgan fingerprint density at radius 2 is 1.80 bits per heavy atom. The molecule has 2 aromatic rings. The predicted molar refractivity (Wildman–Crippen MR) is 77.0 cm³/mol. The lowest BCUT2D eigenvalue weighted by atomic mass is 10.1. The fourth-order valence-corrected chi connectivity index (χ4v) is 1.70. The number of aryl methyl sites for hydroxylation is 2. The van der Waals surface area contributed by atoms with E-state index >= 15 is 0 Å². The summed E-state index contributed by atoms with van der Waals surface area (Å²) in [4.78, 5) is 11.7. The lowest BCUT2D eigenvalue weighted by Gasteiger charge is -2.06. The van der Waals surface area contributed by atoms with Crippen molar-refractivity contribution >= 4 is 12.0 Å². The van der Waals surface area contributed by atoms with Crippen molar-refractivity contribution in [2.75, 3.05) is 0 Å². The van der Waals surface area contributed by atoms with Gasteiger partial charge in [0, 0.05) is 6.08 Å². The fraction of sp³-hybridized carbons (Fsp3) is 0.118. The van der Waals surface area contributed by atoms with E-state index in [1.165, 1.54) is 18.2 Å². The van der Waals surface area contributed by atoms with Gasteiger partial charge in [-0.2, -0.15) is 0 Å². The van der Waals surface area contributed by atoms with Crippen LogP contribution < -0.4 is 4.74 Å². The molecule has 2 rings (SSSR count). The van der Waals surface area contributed by atoms with E-state index in [0.29, 0.717) is 5.75 Å². The third-order valence-electron chi connectivity index (χ3n) is 2.84. The smallest absolute Gasteiger partial charge is 0.336 e. The summed E-state index contributed by atoms with van der Waals surface area (Å²) in [6.45, 7) is 3.82. The second-order valence-electron chi connectivity index (χ2n) is 4.57. The van der Waals surface area contributed by atoms with Gasteiger partial charge in [0.1, 0.15) is 11.6 Å². The largest absolute Gasteiger partial charge is 0.423 e. The summed E-state index contributed by atoms with van der Waals surface area (Å²) in [5, 5.41) is 0. The maximum atomic E-state index is 12.7. The molecule has 3 heteroatoms. The first-order valence-electron chi connectivity index (χ1n) is 6.27. The van der Waals surface area contributed by atoms with Gasteiger partial charge in [0.15, 0.2) is 0 Å². The van der Waals surface area contributed by atoms with E-state index in [-0.39, 0.29) is 5.82 Å². The Morgan fingerprint density at radius 3 is 2.50 bits per heavy atom. The van der Waals surface area contributed by atoms with Crippen molar-refractivity contribution in [3.8, 4) is 5.75 Å². The Kier molecular flexibility index (Phi) is 4.31. The molecule has 0 fully saturated rings. The van der Waals surface area contributed by atoms with Crippen molar-refractivity contribution in [3.63, 3.8) is 0 Å².